The molecule has 0 atom stereocenters. The number of likely N-dealkylation sites (tertiary alicyclic amines) is 1. The van der Waals surface area contributed by atoms with Crippen LogP contribution in [-0.4, -0.2) is 35.6 Å². The normalized spacial score (nSPS) is 16.5. The fourth-order valence-corrected chi connectivity index (χ4v) is 3.60. The molecular formula is C17H23NO2S. The average Bonchev–Trinajstić information content (AvgIpc) is 2.92. The molecule has 1 amide bonds. The minimum atomic E-state index is -0.151. The fourth-order valence-electron chi connectivity index (χ4n) is 2.75. The lowest BCUT2D eigenvalue weighted by Gasteiger charge is -2.38. The Hall–Kier alpha value is -1.31. The number of thiophene rings is 1. The van der Waals surface area contributed by atoms with E-state index >= 15 is 0 Å². The van der Waals surface area contributed by atoms with E-state index in [2.05, 4.69) is 32.6 Å². The third kappa shape index (κ3) is 4.09. The molecule has 0 aliphatic carbocycles. The summed E-state index contributed by atoms with van der Waals surface area (Å²) < 4.78 is 0. The number of hydrogen-bond donors (Lipinski definition) is 1. The van der Waals surface area contributed by atoms with Crippen molar-refractivity contribution in [1.29, 1.82) is 0 Å². The maximum absolute atomic E-state index is 12.5. The second-order valence-corrected chi connectivity index (χ2v) is 7.64. The van der Waals surface area contributed by atoms with E-state index in [0.29, 0.717) is 11.3 Å². The van der Waals surface area contributed by atoms with Gasteiger partial charge in [0.05, 0.1) is 9.75 Å². The Kier molecular flexibility index (Phi) is 5.08. The van der Waals surface area contributed by atoms with Crippen molar-refractivity contribution in [2.75, 3.05) is 19.7 Å². The van der Waals surface area contributed by atoms with Gasteiger partial charge in [0.25, 0.3) is 5.91 Å². The monoisotopic (exact) mass is 305 g/mol. The molecule has 1 N–H and O–H groups in total. The Morgan fingerprint density at radius 1 is 1.38 bits per heavy atom. The van der Waals surface area contributed by atoms with E-state index in [0.717, 1.165) is 35.7 Å². The lowest BCUT2D eigenvalue weighted by atomic mass is 9.75. The molecule has 1 aliphatic rings. The van der Waals surface area contributed by atoms with Crippen LogP contribution in [0, 0.1) is 23.2 Å². The summed E-state index contributed by atoms with van der Waals surface area (Å²) in [6.07, 6.45) is 2.16. The third-order valence-electron chi connectivity index (χ3n) is 4.11. The van der Waals surface area contributed by atoms with Crippen LogP contribution in [0.3, 0.4) is 0 Å². The summed E-state index contributed by atoms with van der Waals surface area (Å²) in [5, 5.41) is 8.69. The summed E-state index contributed by atoms with van der Waals surface area (Å²) in [6, 6.07) is 3.69. The number of carbonyl (C=O) groups is 1. The smallest absolute Gasteiger partial charge is 0.263 e. The fraction of sp³-hybridized carbons (Fsp3) is 0.588. The molecule has 1 saturated heterocycles. The van der Waals surface area contributed by atoms with Crippen molar-refractivity contribution in [1.82, 2.24) is 4.90 Å². The number of piperidine rings is 1. The highest BCUT2D eigenvalue weighted by molar-refractivity contribution is 7.14. The van der Waals surface area contributed by atoms with Crippen molar-refractivity contribution in [3.05, 3.63) is 21.9 Å². The molecule has 0 aromatic carbocycles. The molecule has 1 aliphatic heterocycles. The zero-order chi connectivity index (χ0) is 15.5. The highest BCUT2D eigenvalue weighted by atomic mass is 32.1. The van der Waals surface area contributed by atoms with Crippen LogP contribution in [0.4, 0.5) is 0 Å². The quantitative estimate of drug-likeness (QED) is 0.810. The van der Waals surface area contributed by atoms with Gasteiger partial charge >= 0.3 is 0 Å². The van der Waals surface area contributed by atoms with E-state index in [1.54, 1.807) is 0 Å². The number of amides is 1. The summed E-state index contributed by atoms with van der Waals surface area (Å²) in [5.74, 6) is 6.26. The van der Waals surface area contributed by atoms with Crippen molar-refractivity contribution in [3.8, 4) is 11.8 Å². The van der Waals surface area contributed by atoms with Gasteiger partial charge in [0.1, 0.15) is 6.61 Å². The molecule has 21 heavy (non-hydrogen) atoms. The zero-order valence-electron chi connectivity index (χ0n) is 13.0. The number of rotatable bonds is 1. The van der Waals surface area contributed by atoms with E-state index in [1.165, 1.54) is 11.3 Å². The zero-order valence-corrected chi connectivity index (χ0v) is 13.8. The SMILES string of the molecule is CC(C)(C)C1CCN(C(=O)c2ccc(C#CCO)s2)CC1. The van der Waals surface area contributed by atoms with Gasteiger partial charge in [-0.05, 0) is 36.3 Å². The first-order valence-electron chi connectivity index (χ1n) is 7.40. The van der Waals surface area contributed by atoms with Crippen molar-refractivity contribution in [3.63, 3.8) is 0 Å². The molecule has 3 nitrogen and oxygen atoms in total. The van der Waals surface area contributed by atoms with Crippen molar-refractivity contribution >= 4 is 17.2 Å². The highest BCUT2D eigenvalue weighted by Gasteiger charge is 2.30. The summed E-state index contributed by atoms with van der Waals surface area (Å²) >= 11 is 1.40. The van der Waals surface area contributed by atoms with E-state index in [-0.39, 0.29) is 12.5 Å². The topological polar surface area (TPSA) is 40.5 Å². The molecule has 0 unspecified atom stereocenters. The number of carbonyl (C=O) groups excluding carboxylic acids is 1. The van der Waals surface area contributed by atoms with Gasteiger partial charge in [0, 0.05) is 13.1 Å². The van der Waals surface area contributed by atoms with Crippen LogP contribution in [0.25, 0.3) is 0 Å². The van der Waals surface area contributed by atoms with Gasteiger partial charge in [-0.25, -0.2) is 0 Å². The predicted octanol–water partition coefficient (Wildman–Crippen LogP) is 2.99. The maximum Gasteiger partial charge on any atom is 0.263 e. The standard InChI is InChI=1S/C17H23NO2S/c1-17(2,3)13-8-10-18(11-9-13)16(20)15-7-6-14(21-15)5-4-12-19/h6-7,13,19H,8-12H2,1-3H3. The van der Waals surface area contributed by atoms with Crippen molar-refractivity contribution < 1.29 is 9.90 Å². The minimum Gasteiger partial charge on any atom is -0.384 e. The van der Waals surface area contributed by atoms with Crippen LogP contribution < -0.4 is 0 Å². The first kappa shape index (κ1) is 16.1. The molecular weight excluding hydrogens is 282 g/mol. The average molecular weight is 305 g/mol. The number of aliphatic hydroxyl groups excluding tert-OH is 1. The van der Waals surface area contributed by atoms with E-state index in [4.69, 9.17) is 5.11 Å². The van der Waals surface area contributed by atoms with E-state index in [1.807, 2.05) is 17.0 Å². The third-order valence-corrected chi connectivity index (χ3v) is 5.10. The van der Waals surface area contributed by atoms with E-state index in [9.17, 15) is 4.79 Å². The largest absolute Gasteiger partial charge is 0.384 e. The van der Waals surface area contributed by atoms with Crippen LogP contribution in [0.1, 0.15) is 48.2 Å². The number of hydrogen-bond acceptors (Lipinski definition) is 3. The molecule has 0 saturated carbocycles. The van der Waals surface area contributed by atoms with Crippen LogP contribution in [-0.2, 0) is 0 Å². The Balaban J connectivity index is 1.97. The van der Waals surface area contributed by atoms with Gasteiger partial charge in [-0.1, -0.05) is 32.6 Å². The van der Waals surface area contributed by atoms with Crippen molar-refractivity contribution in [2.45, 2.75) is 33.6 Å². The second-order valence-electron chi connectivity index (χ2n) is 6.56. The second kappa shape index (κ2) is 6.64. The Bertz CT molecular complexity index is 551. The summed E-state index contributed by atoms with van der Waals surface area (Å²) in [6.45, 7) is 8.37. The van der Waals surface area contributed by atoms with Gasteiger partial charge < -0.3 is 10.0 Å². The molecule has 1 aromatic rings. The van der Waals surface area contributed by atoms with Crippen LogP contribution in [0.15, 0.2) is 12.1 Å². The van der Waals surface area contributed by atoms with Gasteiger partial charge in [-0.2, -0.15) is 0 Å². The maximum atomic E-state index is 12.5. The molecule has 0 bridgehead atoms. The first-order chi connectivity index (χ1) is 9.91. The van der Waals surface area contributed by atoms with Crippen LogP contribution >= 0.6 is 11.3 Å². The summed E-state index contributed by atoms with van der Waals surface area (Å²) in [7, 11) is 0. The Morgan fingerprint density at radius 2 is 2.05 bits per heavy atom. The van der Waals surface area contributed by atoms with Crippen molar-refractivity contribution in [2.24, 2.45) is 11.3 Å². The molecule has 4 heteroatoms. The molecule has 114 valence electrons. The summed E-state index contributed by atoms with van der Waals surface area (Å²) in [5.41, 5.74) is 0.325. The van der Waals surface area contributed by atoms with Gasteiger partial charge in [0.2, 0.25) is 0 Å². The molecule has 2 rings (SSSR count). The lowest BCUT2D eigenvalue weighted by Crippen LogP contribution is -2.41. The number of aliphatic hydroxyl groups is 1. The minimum absolute atomic E-state index is 0.115. The van der Waals surface area contributed by atoms with E-state index < -0.39 is 0 Å². The molecule has 2 heterocycles. The predicted molar refractivity (Wildman–Crippen MR) is 86.4 cm³/mol. The van der Waals surface area contributed by atoms with Gasteiger partial charge in [-0.15, -0.1) is 11.3 Å². The molecule has 1 fully saturated rings. The van der Waals surface area contributed by atoms with Gasteiger partial charge in [-0.3, -0.25) is 4.79 Å². The van der Waals surface area contributed by atoms with Crippen LogP contribution in [0.2, 0.25) is 0 Å². The summed E-state index contributed by atoms with van der Waals surface area (Å²) in [4.78, 5) is 16.0. The van der Waals surface area contributed by atoms with Gasteiger partial charge in [0.15, 0.2) is 0 Å². The Labute approximate surface area is 131 Å². The van der Waals surface area contributed by atoms with Crippen LogP contribution in [0.5, 0.6) is 0 Å². The molecule has 0 spiro atoms. The molecule has 0 radical (unpaired) electrons. The Morgan fingerprint density at radius 3 is 2.62 bits per heavy atom. The first-order valence-corrected chi connectivity index (χ1v) is 8.22. The highest BCUT2D eigenvalue weighted by Crippen LogP contribution is 2.34. The number of nitrogens with zero attached hydrogens (tertiary/aromatic N) is 1. The molecule has 1 aromatic heterocycles. The lowest BCUT2D eigenvalue weighted by molar-refractivity contribution is 0.0613.